The molecule has 12 nitrogen and oxygen atoms in total. The maximum absolute atomic E-state index is 13.8. The number of nitrogens with zero attached hydrogens (tertiary/aromatic N) is 1. The molecular weight excluding hydrogens is 507 g/mol. The number of rotatable bonds is 14. The molecule has 2 heterocycles. The van der Waals surface area contributed by atoms with E-state index in [9.17, 15) is 18.9 Å². The van der Waals surface area contributed by atoms with Crippen molar-refractivity contribution in [2.45, 2.75) is 63.9 Å². The van der Waals surface area contributed by atoms with Crippen molar-refractivity contribution in [3.63, 3.8) is 0 Å². The minimum Gasteiger partial charge on any atom is -0.460 e. The number of nitrogens with two attached hydrogens (primary N) is 1. The summed E-state index contributed by atoms with van der Waals surface area (Å²) in [7, 11) is -4.18. The van der Waals surface area contributed by atoms with Crippen LogP contribution in [-0.4, -0.2) is 79.4 Å². The first-order valence-electron chi connectivity index (χ1n) is 12.2. The molecule has 0 aliphatic carbocycles. The Labute approximate surface area is 216 Å². The van der Waals surface area contributed by atoms with Crippen molar-refractivity contribution in [3.8, 4) is 0 Å². The zero-order valence-corrected chi connectivity index (χ0v) is 22.2. The van der Waals surface area contributed by atoms with Crippen molar-refractivity contribution in [1.82, 2.24) is 4.90 Å². The number of carbonyl (C=O) groups is 3. The standard InChI is InChI=1S/C24H35N2O10P/c1-4-35-37(30,36-5-2)22(23(29)31-15-18-9-7-6-8-10-18)26-19(20(25)21(26)28)11-12-24(16-32-17(3)27)33-13-14-34-24/h6-10,19-20,22H,4-5,11-16,25H2,1-3H3/t19-,20+,22-/m1/s1. The van der Waals surface area contributed by atoms with Crippen molar-refractivity contribution in [2.75, 3.05) is 33.0 Å². The van der Waals surface area contributed by atoms with E-state index in [4.69, 9.17) is 33.7 Å². The number of ether oxygens (including phenoxy) is 4. The molecule has 0 spiro atoms. The summed E-state index contributed by atoms with van der Waals surface area (Å²) in [5, 5.41) is 0. The maximum Gasteiger partial charge on any atom is 0.364 e. The molecule has 2 fully saturated rings. The monoisotopic (exact) mass is 542 g/mol. The topological polar surface area (TPSA) is 153 Å². The summed E-state index contributed by atoms with van der Waals surface area (Å²) in [6, 6.07) is 7.25. The van der Waals surface area contributed by atoms with Crippen molar-refractivity contribution >= 4 is 25.4 Å². The van der Waals surface area contributed by atoms with E-state index < -0.39 is 49.1 Å². The summed E-state index contributed by atoms with van der Waals surface area (Å²) < 4.78 is 46.7. The summed E-state index contributed by atoms with van der Waals surface area (Å²) in [5.41, 5.74) is 6.83. The number of β-lactam (4-membered cyclic amide) rings is 1. The van der Waals surface area contributed by atoms with Gasteiger partial charge in [-0.2, -0.15) is 0 Å². The minimum atomic E-state index is -4.18. The van der Waals surface area contributed by atoms with Crippen molar-refractivity contribution < 1.29 is 46.9 Å². The van der Waals surface area contributed by atoms with Gasteiger partial charge in [0.2, 0.25) is 17.5 Å². The Morgan fingerprint density at radius 1 is 1.14 bits per heavy atom. The van der Waals surface area contributed by atoms with Crippen LogP contribution in [0.5, 0.6) is 0 Å². The highest BCUT2D eigenvalue weighted by Crippen LogP contribution is 2.56. The quantitative estimate of drug-likeness (QED) is 0.208. The Balaban J connectivity index is 1.83. The molecule has 0 unspecified atom stereocenters. The van der Waals surface area contributed by atoms with Crippen LogP contribution in [0.3, 0.4) is 0 Å². The number of amides is 1. The molecule has 1 amide bonds. The van der Waals surface area contributed by atoms with Crippen molar-refractivity contribution in [2.24, 2.45) is 5.73 Å². The molecule has 206 valence electrons. The van der Waals surface area contributed by atoms with Gasteiger partial charge in [0.1, 0.15) is 19.3 Å². The first kappa shape index (κ1) is 29.2. The number of hydrogen-bond donors (Lipinski definition) is 1. The number of esters is 2. The molecule has 37 heavy (non-hydrogen) atoms. The van der Waals surface area contributed by atoms with Crippen LogP contribution in [0.4, 0.5) is 0 Å². The van der Waals surface area contributed by atoms with Crippen LogP contribution in [0.25, 0.3) is 0 Å². The maximum atomic E-state index is 13.8. The average molecular weight is 543 g/mol. The van der Waals surface area contributed by atoms with Crippen LogP contribution in [0.15, 0.2) is 30.3 Å². The second kappa shape index (κ2) is 12.9. The number of carbonyl (C=O) groups excluding carboxylic acids is 3. The molecule has 2 aliphatic rings. The molecule has 2 N–H and O–H groups in total. The fraction of sp³-hybridized carbons (Fsp3) is 0.625. The van der Waals surface area contributed by atoms with Gasteiger partial charge in [-0.25, -0.2) is 4.79 Å². The van der Waals surface area contributed by atoms with Crippen molar-refractivity contribution in [3.05, 3.63) is 35.9 Å². The molecule has 0 saturated carbocycles. The van der Waals surface area contributed by atoms with Crippen molar-refractivity contribution in [1.29, 1.82) is 0 Å². The SMILES string of the molecule is CCOP(=O)(OCC)[C@H](C(=O)OCc1ccccc1)N1C(=O)[C@@H](N)[C@H]1CCC1(COC(C)=O)OCCO1. The summed E-state index contributed by atoms with van der Waals surface area (Å²) in [4.78, 5) is 38.8. The Morgan fingerprint density at radius 3 is 2.32 bits per heavy atom. The lowest BCUT2D eigenvalue weighted by Crippen LogP contribution is -2.72. The lowest BCUT2D eigenvalue weighted by Gasteiger charge is -2.49. The third-order valence-corrected chi connectivity index (χ3v) is 8.35. The van der Waals surface area contributed by atoms with E-state index in [0.29, 0.717) is 18.8 Å². The van der Waals surface area contributed by atoms with E-state index in [2.05, 4.69) is 0 Å². The van der Waals surface area contributed by atoms with E-state index in [1.54, 1.807) is 38.1 Å². The highest BCUT2D eigenvalue weighted by Gasteiger charge is 2.58. The van der Waals surface area contributed by atoms with Gasteiger partial charge in [0.05, 0.1) is 32.5 Å². The molecule has 2 aliphatic heterocycles. The van der Waals surface area contributed by atoms with Crippen LogP contribution in [0, 0.1) is 0 Å². The van der Waals surface area contributed by atoms with Gasteiger partial charge in [-0.15, -0.1) is 0 Å². The number of likely N-dealkylation sites (tertiary alicyclic amines) is 1. The molecule has 3 rings (SSSR count). The summed E-state index contributed by atoms with van der Waals surface area (Å²) in [5.74, 6) is -4.87. The summed E-state index contributed by atoms with van der Waals surface area (Å²) >= 11 is 0. The predicted octanol–water partition coefficient (Wildman–Crippen LogP) is 1.95. The highest BCUT2D eigenvalue weighted by molar-refractivity contribution is 7.55. The predicted molar refractivity (Wildman–Crippen MR) is 130 cm³/mol. The molecule has 0 radical (unpaired) electrons. The van der Waals surface area contributed by atoms with Gasteiger partial charge in [-0.3, -0.25) is 14.2 Å². The second-order valence-corrected chi connectivity index (χ2v) is 10.7. The molecule has 2 saturated heterocycles. The van der Waals surface area contributed by atoms with Crippen LogP contribution in [0.1, 0.15) is 39.2 Å². The molecular formula is C24H35N2O10P. The Hall–Kier alpha value is -2.34. The normalized spacial score (nSPS) is 21.8. The van der Waals surface area contributed by atoms with Crippen LogP contribution < -0.4 is 5.73 Å². The first-order valence-corrected chi connectivity index (χ1v) is 13.9. The lowest BCUT2D eigenvalue weighted by molar-refractivity contribution is -0.204. The zero-order valence-electron chi connectivity index (χ0n) is 21.3. The van der Waals surface area contributed by atoms with E-state index >= 15 is 0 Å². The molecule has 13 heteroatoms. The van der Waals surface area contributed by atoms with Gasteiger partial charge in [-0.05, 0) is 25.8 Å². The summed E-state index contributed by atoms with van der Waals surface area (Å²) in [6.07, 6.45) is 0.399. The second-order valence-electron chi connectivity index (χ2n) is 8.61. The summed E-state index contributed by atoms with van der Waals surface area (Å²) in [6.45, 7) is 4.81. The minimum absolute atomic E-state index is 0.0222. The Morgan fingerprint density at radius 2 is 1.76 bits per heavy atom. The van der Waals surface area contributed by atoms with Gasteiger partial charge in [-0.1, -0.05) is 30.3 Å². The van der Waals surface area contributed by atoms with Crippen LogP contribution in [-0.2, 0) is 53.6 Å². The molecule has 3 atom stereocenters. The van der Waals surface area contributed by atoms with Gasteiger partial charge < -0.3 is 38.6 Å². The molecule has 1 aromatic rings. The van der Waals surface area contributed by atoms with Gasteiger partial charge >= 0.3 is 19.5 Å². The number of benzene rings is 1. The fourth-order valence-corrected chi connectivity index (χ4v) is 6.32. The Kier molecular flexibility index (Phi) is 10.2. The number of hydrogen-bond acceptors (Lipinski definition) is 11. The average Bonchev–Trinajstić information content (AvgIpc) is 3.35. The van der Waals surface area contributed by atoms with Gasteiger partial charge in [0, 0.05) is 13.3 Å². The van der Waals surface area contributed by atoms with Gasteiger partial charge in [0.25, 0.3) is 0 Å². The third kappa shape index (κ3) is 6.95. The van der Waals surface area contributed by atoms with E-state index in [1.807, 2.05) is 6.07 Å². The fourth-order valence-electron chi connectivity index (χ4n) is 4.32. The largest absolute Gasteiger partial charge is 0.460 e. The van der Waals surface area contributed by atoms with Crippen LogP contribution >= 0.6 is 7.60 Å². The lowest BCUT2D eigenvalue weighted by atomic mass is 9.90. The van der Waals surface area contributed by atoms with Gasteiger partial charge in [0.15, 0.2) is 0 Å². The third-order valence-electron chi connectivity index (χ3n) is 6.06. The smallest absolute Gasteiger partial charge is 0.364 e. The molecule has 1 aromatic carbocycles. The zero-order chi connectivity index (χ0) is 27.1. The molecule has 0 aromatic heterocycles. The first-order chi connectivity index (χ1) is 17.7. The van der Waals surface area contributed by atoms with Crippen LogP contribution in [0.2, 0.25) is 0 Å². The molecule has 0 bridgehead atoms. The highest BCUT2D eigenvalue weighted by atomic mass is 31.2. The van der Waals surface area contributed by atoms with E-state index in [1.165, 1.54) is 6.92 Å². The van der Waals surface area contributed by atoms with E-state index in [0.717, 1.165) is 4.90 Å². The van der Waals surface area contributed by atoms with E-state index in [-0.39, 0.29) is 39.3 Å². The Bertz CT molecular complexity index is 975.